The molecule has 2 N–H and O–H groups in total. The van der Waals surface area contributed by atoms with Crippen LogP contribution in [0.2, 0.25) is 0 Å². The van der Waals surface area contributed by atoms with Crippen LogP contribution >= 0.6 is 11.3 Å². The Balaban J connectivity index is 1.83. The lowest BCUT2D eigenvalue weighted by Gasteiger charge is -2.12. The number of ether oxygens (including phenoxy) is 1. The molecule has 0 radical (unpaired) electrons. The molecule has 0 aliphatic rings. The van der Waals surface area contributed by atoms with Gasteiger partial charge in [-0.25, -0.2) is 4.98 Å². The van der Waals surface area contributed by atoms with Gasteiger partial charge in [0.15, 0.2) is 5.96 Å². The molecule has 142 valence electrons. The van der Waals surface area contributed by atoms with Crippen molar-refractivity contribution in [2.45, 2.75) is 39.5 Å². The van der Waals surface area contributed by atoms with Crippen LogP contribution in [0.5, 0.6) is 5.75 Å². The van der Waals surface area contributed by atoms with Gasteiger partial charge < -0.3 is 15.4 Å². The Morgan fingerprint density at radius 1 is 1.23 bits per heavy atom. The molecule has 5 nitrogen and oxygen atoms in total. The normalized spacial score (nSPS) is 11.7. The van der Waals surface area contributed by atoms with Crippen LogP contribution in [0.3, 0.4) is 0 Å². The average molecular weight is 375 g/mol. The first kappa shape index (κ1) is 20.2. The summed E-state index contributed by atoms with van der Waals surface area (Å²) in [5.74, 6) is 2.27. The number of methoxy groups -OCH3 is 1. The van der Waals surface area contributed by atoms with Gasteiger partial charge in [-0.2, -0.15) is 0 Å². The number of guanidine groups is 1. The average Bonchev–Trinajstić information content (AvgIpc) is 3.11. The summed E-state index contributed by atoms with van der Waals surface area (Å²) < 4.78 is 5.40. The van der Waals surface area contributed by atoms with Crippen molar-refractivity contribution in [1.29, 1.82) is 0 Å². The van der Waals surface area contributed by atoms with Crippen LogP contribution in [-0.4, -0.2) is 37.7 Å². The molecule has 2 aromatic rings. The van der Waals surface area contributed by atoms with Crippen molar-refractivity contribution in [2.75, 3.05) is 26.7 Å². The zero-order valence-electron chi connectivity index (χ0n) is 16.2. The summed E-state index contributed by atoms with van der Waals surface area (Å²) in [5.41, 5.74) is 2.33. The molecule has 1 aromatic carbocycles. The summed E-state index contributed by atoms with van der Waals surface area (Å²) in [5, 5.41) is 10.0. The number of para-hydroxylation sites is 1. The van der Waals surface area contributed by atoms with E-state index in [9.17, 15) is 0 Å². The fourth-order valence-corrected chi connectivity index (χ4v) is 3.42. The van der Waals surface area contributed by atoms with E-state index in [1.165, 1.54) is 10.6 Å². The van der Waals surface area contributed by atoms with Gasteiger partial charge in [0.2, 0.25) is 0 Å². The number of hydrogen-bond acceptors (Lipinski definition) is 4. The van der Waals surface area contributed by atoms with Gasteiger partial charge in [-0.3, -0.25) is 4.99 Å². The molecule has 0 unspecified atom stereocenters. The monoisotopic (exact) mass is 374 g/mol. The summed E-state index contributed by atoms with van der Waals surface area (Å²) in [6.45, 7) is 8.80. The highest BCUT2D eigenvalue weighted by Crippen LogP contribution is 2.19. The summed E-state index contributed by atoms with van der Waals surface area (Å²) in [7, 11) is 1.71. The van der Waals surface area contributed by atoms with E-state index in [1.807, 2.05) is 18.2 Å². The number of nitrogens with one attached hydrogen (secondary N) is 2. The van der Waals surface area contributed by atoms with E-state index in [0.29, 0.717) is 5.92 Å². The lowest BCUT2D eigenvalue weighted by atomic mass is 10.1. The molecular formula is C20H30N4OS. The van der Waals surface area contributed by atoms with Crippen LogP contribution < -0.4 is 15.4 Å². The number of aliphatic imine (C=N–C) groups is 1. The van der Waals surface area contributed by atoms with E-state index >= 15 is 0 Å². The maximum Gasteiger partial charge on any atom is 0.191 e. The fourth-order valence-electron chi connectivity index (χ4n) is 2.55. The summed E-state index contributed by atoms with van der Waals surface area (Å²) in [4.78, 5) is 9.33. The Morgan fingerprint density at radius 2 is 2.04 bits per heavy atom. The van der Waals surface area contributed by atoms with Crippen molar-refractivity contribution in [2.24, 2.45) is 4.99 Å². The van der Waals surface area contributed by atoms with Gasteiger partial charge in [0.1, 0.15) is 5.75 Å². The first-order valence-corrected chi connectivity index (χ1v) is 10.1. The number of hydrogen-bond donors (Lipinski definition) is 2. The predicted octanol–water partition coefficient (Wildman–Crippen LogP) is 3.62. The number of benzene rings is 1. The minimum absolute atomic E-state index is 0.492. The zero-order valence-corrected chi connectivity index (χ0v) is 17.0. The molecule has 26 heavy (non-hydrogen) atoms. The third kappa shape index (κ3) is 6.33. The largest absolute Gasteiger partial charge is 0.496 e. The maximum atomic E-state index is 5.40. The molecule has 6 heteroatoms. The highest BCUT2D eigenvalue weighted by molar-refractivity contribution is 7.09. The molecule has 2 rings (SSSR count). The zero-order chi connectivity index (χ0) is 18.8. The molecule has 0 amide bonds. The van der Waals surface area contributed by atoms with Crippen molar-refractivity contribution < 1.29 is 4.74 Å². The molecular weight excluding hydrogens is 344 g/mol. The van der Waals surface area contributed by atoms with Gasteiger partial charge in [-0.15, -0.1) is 11.3 Å². The van der Waals surface area contributed by atoms with E-state index < -0.39 is 0 Å². The van der Waals surface area contributed by atoms with Crippen LogP contribution in [0.4, 0.5) is 0 Å². The van der Waals surface area contributed by atoms with Crippen molar-refractivity contribution in [1.82, 2.24) is 15.6 Å². The standard InChI is InChI=1S/C20H30N4OS/c1-5-21-20(22-12-10-16-8-6-7-9-18(16)25-4)23-13-11-17-14-26-19(24-17)15(2)3/h6-9,14-15H,5,10-13H2,1-4H3,(H2,21,22,23). The molecule has 0 atom stereocenters. The predicted molar refractivity (Wildman–Crippen MR) is 111 cm³/mol. The second-order valence-electron chi connectivity index (χ2n) is 6.33. The number of nitrogens with zero attached hydrogens (tertiary/aromatic N) is 2. The third-order valence-electron chi connectivity index (χ3n) is 3.92. The fraction of sp³-hybridized carbons (Fsp3) is 0.500. The third-order valence-corrected chi connectivity index (χ3v) is 5.12. The second kappa shape index (κ2) is 10.8. The van der Waals surface area contributed by atoms with Gasteiger partial charge in [0.05, 0.1) is 17.8 Å². The molecule has 0 bridgehead atoms. The second-order valence-corrected chi connectivity index (χ2v) is 7.22. The molecule has 1 aromatic heterocycles. The van der Waals surface area contributed by atoms with E-state index in [4.69, 9.17) is 4.74 Å². The van der Waals surface area contributed by atoms with Crippen molar-refractivity contribution in [3.8, 4) is 5.75 Å². The number of rotatable bonds is 9. The maximum absolute atomic E-state index is 5.40. The Labute approximate surface area is 160 Å². The smallest absolute Gasteiger partial charge is 0.191 e. The van der Waals surface area contributed by atoms with Crippen LogP contribution in [0.15, 0.2) is 34.6 Å². The van der Waals surface area contributed by atoms with Crippen LogP contribution in [0.25, 0.3) is 0 Å². The molecule has 0 saturated carbocycles. The Morgan fingerprint density at radius 3 is 2.73 bits per heavy atom. The molecule has 0 aliphatic carbocycles. The highest BCUT2D eigenvalue weighted by atomic mass is 32.1. The summed E-state index contributed by atoms with van der Waals surface area (Å²) in [6.07, 6.45) is 1.75. The van der Waals surface area contributed by atoms with Crippen molar-refractivity contribution in [3.05, 3.63) is 45.9 Å². The molecule has 0 aliphatic heterocycles. The molecule has 0 spiro atoms. The Hall–Kier alpha value is -2.08. The van der Waals surface area contributed by atoms with Gasteiger partial charge in [-0.05, 0) is 25.0 Å². The summed E-state index contributed by atoms with van der Waals surface area (Å²) in [6, 6.07) is 8.12. The lowest BCUT2D eigenvalue weighted by Crippen LogP contribution is -2.38. The number of aromatic nitrogens is 1. The van der Waals surface area contributed by atoms with Gasteiger partial charge in [0, 0.05) is 37.4 Å². The van der Waals surface area contributed by atoms with Crippen LogP contribution in [-0.2, 0) is 12.8 Å². The van der Waals surface area contributed by atoms with E-state index in [1.54, 1.807) is 18.4 Å². The molecule has 0 saturated heterocycles. The molecule has 0 fully saturated rings. The minimum atomic E-state index is 0.492. The first-order chi connectivity index (χ1) is 12.6. The van der Waals surface area contributed by atoms with Crippen LogP contribution in [0.1, 0.15) is 43.0 Å². The Bertz CT molecular complexity index is 697. The van der Waals surface area contributed by atoms with E-state index in [-0.39, 0.29) is 0 Å². The quantitative estimate of drug-likeness (QED) is 0.520. The molecule has 1 heterocycles. The van der Waals surface area contributed by atoms with E-state index in [2.05, 4.69) is 52.8 Å². The van der Waals surface area contributed by atoms with Gasteiger partial charge >= 0.3 is 0 Å². The minimum Gasteiger partial charge on any atom is -0.496 e. The van der Waals surface area contributed by atoms with Crippen molar-refractivity contribution >= 4 is 17.3 Å². The van der Waals surface area contributed by atoms with Gasteiger partial charge in [0.25, 0.3) is 0 Å². The van der Waals surface area contributed by atoms with E-state index in [0.717, 1.165) is 49.9 Å². The first-order valence-electron chi connectivity index (χ1n) is 9.22. The topological polar surface area (TPSA) is 58.5 Å². The van der Waals surface area contributed by atoms with Gasteiger partial charge in [-0.1, -0.05) is 32.0 Å². The highest BCUT2D eigenvalue weighted by Gasteiger charge is 2.06. The SMILES string of the molecule is CCNC(=NCCc1csc(C(C)C)n1)NCCc1ccccc1OC. The summed E-state index contributed by atoms with van der Waals surface area (Å²) >= 11 is 1.74. The lowest BCUT2D eigenvalue weighted by molar-refractivity contribution is 0.409. The number of thiazole rings is 1. The van der Waals surface area contributed by atoms with Crippen LogP contribution in [0, 0.1) is 0 Å². The van der Waals surface area contributed by atoms with Crippen molar-refractivity contribution in [3.63, 3.8) is 0 Å². The Kier molecular flexibility index (Phi) is 8.41.